The number of aliphatic hydroxyl groups is 3. The number of alkyl carbamates (subject to hydrolysis) is 1. The number of amides is 1. The molecular formula is C43H57NO16. The molecule has 2 heterocycles. The van der Waals surface area contributed by atoms with Gasteiger partial charge in [-0.2, -0.15) is 0 Å². The number of benzene rings is 1. The molecule has 17 nitrogen and oxygen atoms in total. The summed E-state index contributed by atoms with van der Waals surface area (Å²) in [5.74, 6) is -5.61. The Morgan fingerprint density at radius 1 is 0.983 bits per heavy atom. The number of carbonyl (C=O) groups excluding carboxylic acids is 6. The number of aliphatic hydroxyl groups excluding tert-OH is 3. The minimum absolute atomic E-state index is 0.0350. The maximum Gasteiger partial charge on any atom is 0.509 e. The Morgan fingerprint density at radius 2 is 1.62 bits per heavy atom. The summed E-state index contributed by atoms with van der Waals surface area (Å²) in [6.07, 6.45) is -14.5. The van der Waals surface area contributed by atoms with E-state index in [1.165, 1.54) is 39.8 Å². The smallest absolute Gasteiger partial charge is 0.454 e. The molecule has 2 saturated carbocycles. The van der Waals surface area contributed by atoms with Gasteiger partial charge in [0, 0.05) is 18.8 Å². The summed E-state index contributed by atoms with van der Waals surface area (Å²) in [6, 6.07) is 6.49. The monoisotopic (exact) mass is 843 g/mol. The second kappa shape index (κ2) is 15.1. The zero-order valence-corrected chi connectivity index (χ0v) is 35.9. The quantitative estimate of drug-likeness (QED) is 0.166. The van der Waals surface area contributed by atoms with Crippen molar-refractivity contribution in [3.05, 3.63) is 47.0 Å². The molecule has 0 radical (unpaired) electrons. The van der Waals surface area contributed by atoms with Crippen LogP contribution in [0.3, 0.4) is 0 Å². The molecule has 4 fully saturated rings. The summed E-state index contributed by atoms with van der Waals surface area (Å²) in [5.41, 5.74) is -9.43. The van der Waals surface area contributed by atoms with Crippen molar-refractivity contribution in [2.24, 2.45) is 22.2 Å². The number of carbonyl (C=O) groups is 6. The van der Waals surface area contributed by atoms with Crippen LogP contribution in [-0.4, -0.2) is 123 Å². The number of hydrogen-bond donors (Lipinski definition) is 4. The number of ether oxygens (including phenoxy) is 7. The summed E-state index contributed by atoms with van der Waals surface area (Å²) < 4.78 is 42.0. The third-order valence-corrected chi connectivity index (χ3v) is 12.8. The lowest BCUT2D eigenvalue weighted by Crippen LogP contribution is -2.83. The molecule has 1 amide bonds. The number of nitrogens with one attached hydrogen (secondary N) is 1. The van der Waals surface area contributed by atoms with E-state index in [1.807, 2.05) is 20.8 Å². The molecule has 4 N–H and O–H groups in total. The van der Waals surface area contributed by atoms with Crippen molar-refractivity contribution in [2.75, 3.05) is 6.61 Å². The molecule has 12 atom stereocenters. The van der Waals surface area contributed by atoms with Gasteiger partial charge >= 0.3 is 30.2 Å². The van der Waals surface area contributed by atoms with Gasteiger partial charge in [-0.25, -0.2) is 19.2 Å². The fraction of sp³-hybridized carbons (Fsp3) is 0.674. The van der Waals surface area contributed by atoms with Crippen molar-refractivity contribution in [3.63, 3.8) is 0 Å². The van der Waals surface area contributed by atoms with Crippen molar-refractivity contribution >= 4 is 35.9 Å². The first-order chi connectivity index (χ1) is 27.6. The minimum Gasteiger partial charge on any atom is -0.454 e. The lowest BCUT2D eigenvalue weighted by Gasteiger charge is -2.67. The Kier molecular flexibility index (Phi) is 11.3. The van der Waals surface area contributed by atoms with E-state index in [0.29, 0.717) is 0 Å². The molecule has 2 aliphatic heterocycles. The summed E-state index contributed by atoms with van der Waals surface area (Å²) in [7, 11) is 0. The third kappa shape index (κ3) is 7.24. The van der Waals surface area contributed by atoms with Crippen molar-refractivity contribution in [1.29, 1.82) is 0 Å². The van der Waals surface area contributed by atoms with Gasteiger partial charge in [0.1, 0.15) is 17.8 Å². The lowest BCUT2D eigenvalue weighted by molar-refractivity contribution is -0.345. The van der Waals surface area contributed by atoms with E-state index in [-0.39, 0.29) is 36.2 Å². The fourth-order valence-electron chi connectivity index (χ4n) is 10.3. The molecular weight excluding hydrogens is 786 g/mol. The topological polar surface area (TPSA) is 240 Å². The van der Waals surface area contributed by atoms with E-state index < -0.39 is 124 Å². The average Bonchev–Trinajstić information content (AvgIpc) is 3.49. The maximum absolute atomic E-state index is 15.1. The lowest BCUT2D eigenvalue weighted by atomic mass is 9.44. The van der Waals surface area contributed by atoms with Crippen molar-refractivity contribution in [3.8, 4) is 0 Å². The molecule has 17 heteroatoms. The van der Waals surface area contributed by atoms with Gasteiger partial charge in [-0.15, -0.1) is 0 Å². The van der Waals surface area contributed by atoms with E-state index in [9.17, 15) is 39.3 Å². The van der Waals surface area contributed by atoms with Crippen LogP contribution in [-0.2, 0) is 47.5 Å². The second-order valence-corrected chi connectivity index (χ2v) is 19.5. The van der Waals surface area contributed by atoms with E-state index in [0.717, 1.165) is 6.92 Å². The Labute approximate surface area is 348 Å². The van der Waals surface area contributed by atoms with Gasteiger partial charge in [-0.3, -0.25) is 9.59 Å². The first-order valence-electron chi connectivity index (χ1n) is 20.1. The molecule has 1 aromatic carbocycles. The standard InChI is InChI=1S/C43H57NO16/c1-20-26-28(48)31(49)41(11)24(46)17-25-42(19-54-25,58-21(2)45)30(41)33(56-34(50)22-15-13-12-14-16-22)43(40(26,9)10)32(57-37(53)60-43)29(20)55-35(51)27(47)23(18-38(3,4)5)44-36(52)59-39(6,7)8/h12-16,23-25,27-30,32-33,46-48H,17-19H2,1-11H3,(H,44,52)/t23-,24-,25+,27+,28+,29+,30?,32-,33?,41+,42-,43+/m0/s1. The SMILES string of the molecule is CC(=O)O[C@@]12CO[C@@H]1C[C@H](O)[C@@]1(C)C(=O)[C@H](O)C3=C(C)[C@@H](OC(=O)[C@H](O)[C@H](CC(C)(C)C)NC(=O)OC(C)(C)C)[C@@H]4OC(=O)O[C@]4(C(OC(=O)c4ccccc4)C12)C3(C)C. The van der Waals surface area contributed by atoms with Gasteiger partial charge in [0.2, 0.25) is 5.60 Å². The van der Waals surface area contributed by atoms with Crippen LogP contribution in [0, 0.1) is 22.2 Å². The fourth-order valence-corrected chi connectivity index (χ4v) is 10.3. The number of hydrogen-bond acceptors (Lipinski definition) is 16. The number of Topliss-reactive ketones (excluding diaryl/α,β-unsaturated/α-hetero) is 1. The largest absolute Gasteiger partial charge is 0.509 e. The summed E-state index contributed by atoms with van der Waals surface area (Å²) in [4.78, 5) is 83.4. The predicted molar refractivity (Wildman–Crippen MR) is 207 cm³/mol. The molecule has 0 aromatic heterocycles. The highest BCUT2D eigenvalue weighted by Gasteiger charge is 2.83. The molecule has 3 aliphatic carbocycles. The molecule has 2 unspecified atom stereocenters. The second-order valence-electron chi connectivity index (χ2n) is 19.5. The van der Waals surface area contributed by atoms with Crippen LogP contribution in [0.5, 0.6) is 0 Å². The zero-order chi connectivity index (χ0) is 44.7. The van der Waals surface area contributed by atoms with Crippen molar-refractivity contribution in [1.82, 2.24) is 5.32 Å². The highest BCUT2D eigenvalue weighted by Crippen LogP contribution is 2.66. The number of rotatable bonds is 8. The number of esters is 3. The first-order valence-corrected chi connectivity index (χ1v) is 20.1. The van der Waals surface area contributed by atoms with Crippen LogP contribution in [0.25, 0.3) is 0 Å². The number of ketones is 1. The van der Waals surface area contributed by atoms with Crippen LogP contribution in [0.2, 0.25) is 0 Å². The minimum atomic E-state index is -2.32. The Balaban J connectivity index is 1.56. The van der Waals surface area contributed by atoms with Gasteiger partial charge < -0.3 is 53.8 Å². The van der Waals surface area contributed by atoms with Crippen molar-refractivity contribution < 1.29 is 77.2 Å². The summed E-state index contributed by atoms with van der Waals surface area (Å²) in [5, 5.41) is 38.5. The average molecular weight is 844 g/mol. The third-order valence-electron chi connectivity index (χ3n) is 12.8. The van der Waals surface area contributed by atoms with Gasteiger partial charge in [0.15, 0.2) is 35.8 Å². The van der Waals surface area contributed by atoms with Crippen LogP contribution in [0.1, 0.15) is 99.4 Å². The predicted octanol–water partition coefficient (Wildman–Crippen LogP) is 3.48. The zero-order valence-electron chi connectivity index (χ0n) is 35.9. The van der Waals surface area contributed by atoms with Crippen LogP contribution < -0.4 is 5.32 Å². The van der Waals surface area contributed by atoms with Gasteiger partial charge in [0.05, 0.1) is 35.6 Å². The van der Waals surface area contributed by atoms with Crippen molar-refractivity contribution in [2.45, 2.75) is 155 Å². The number of fused-ring (bicyclic) bond motifs is 4. The normalized spacial score (nSPS) is 35.3. The highest BCUT2D eigenvalue weighted by molar-refractivity contribution is 5.94. The maximum atomic E-state index is 15.1. The Morgan fingerprint density at radius 3 is 2.17 bits per heavy atom. The van der Waals surface area contributed by atoms with Crippen LogP contribution in [0.15, 0.2) is 41.5 Å². The van der Waals surface area contributed by atoms with E-state index in [4.69, 9.17) is 33.2 Å². The summed E-state index contributed by atoms with van der Waals surface area (Å²) in [6.45, 7) is 17.1. The van der Waals surface area contributed by atoms with Gasteiger partial charge in [-0.05, 0) is 69.7 Å². The molecule has 6 rings (SSSR count). The van der Waals surface area contributed by atoms with E-state index in [1.54, 1.807) is 39.0 Å². The van der Waals surface area contributed by atoms with Gasteiger partial charge in [-0.1, -0.05) is 52.8 Å². The van der Waals surface area contributed by atoms with Crippen LogP contribution in [0.4, 0.5) is 9.59 Å². The van der Waals surface area contributed by atoms with E-state index >= 15 is 4.79 Å². The molecule has 5 aliphatic rings. The molecule has 60 heavy (non-hydrogen) atoms. The first kappa shape index (κ1) is 45.0. The molecule has 330 valence electrons. The molecule has 1 spiro atoms. The van der Waals surface area contributed by atoms with Crippen LogP contribution >= 0.6 is 0 Å². The van der Waals surface area contributed by atoms with Gasteiger partial charge in [0.25, 0.3) is 0 Å². The summed E-state index contributed by atoms with van der Waals surface area (Å²) >= 11 is 0. The molecule has 1 aromatic rings. The highest BCUT2D eigenvalue weighted by atomic mass is 16.8. The Bertz CT molecular complexity index is 1970. The Hall–Kier alpha value is -4.58. The molecule has 2 saturated heterocycles. The molecule has 2 bridgehead atoms. The van der Waals surface area contributed by atoms with E-state index in [2.05, 4.69) is 5.32 Å².